The molecule has 0 bridgehead atoms. The maximum Gasteiger partial charge on any atom is 0.335 e. The van der Waals surface area contributed by atoms with Crippen LogP contribution in [0.3, 0.4) is 0 Å². The maximum atomic E-state index is 10.8. The van der Waals surface area contributed by atoms with Crippen LogP contribution in [0.15, 0.2) is 24.3 Å². The zero-order chi connectivity index (χ0) is 16.4. The maximum absolute atomic E-state index is 10.8. The predicted octanol–water partition coefficient (Wildman–Crippen LogP) is 3.24. The van der Waals surface area contributed by atoms with Crippen molar-refractivity contribution in [2.45, 2.75) is 45.6 Å². The van der Waals surface area contributed by atoms with Crippen LogP contribution in [0.1, 0.15) is 54.9 Å². The van der Waals surface area contributed by atoms with E-state index < -0.39 is 11.9 Å². The van der Waals surface area contributed by atoms with Gasteiger partial charge >= 0.3 is 11.9 Å². The normalized spacial score (nSPS) is 10.8. The Kier molecular flexibility index (Phi) is 8.22. The largest absolute Gasteiger partial charge is 0.481 e. The third-order valence-electron chi connectivity index (χ3n) is 3.51. The summed E-state index contributed by atoms with van der Waals surface area (Å²) in [6.07, 6.45) is 3.93. The van der Waals surface area contributed by atoms with Crippen LogP contribution in [0.25, 0.3) is 0 Å². The van der Waals surface area contributed by atoms with Crippen LogP contribution in [-0.4, -0.2) is 40.1 Å². The van der Waals surface area contributed by atoms with Crippen LogP contribution >= 0.6 is 0 Å². The van der Waals surface area contributed by atoms with Gasteiger partial charge in [-0.25, -0.2) is 4.79 Å². The Morgan fingerprint density at radius 3 is 2.23 bits per heavy atom. The Morgan fingerprint density at radius 2 is 1.68 bits per heavy atom. The average Bonchev–Trinajstić information content (AvgIpc) is 2.47. The summed E-state index contributed by atoms with van der Waals surface area (Å²) < 4.78 is 0. The molecule has 0 unspecified atom stereocenters. The Hall–Kier alpha value is -1.88. The fourth-order valence-electron chi connectivity index (χ4n) is 2.39. The molecule has 0 radical (unpaired) electrons. The van der Waals surface area contributed by atoms with Gasteiger partial charge in [0, 0.05) is 13.0 Å². The van der Waals surface area contributed by atoms with Gasteiger partial charge < -0.3 is 10.2 Å². The average molecular weight is 307 g/mol. The van der Waals surface area contributed by atoms with E-state index in [0.717, 1.165) is 50.9 Å². The van der Waals surface area contributed by atoms with Crippen molar-refractivity contribution in [1.82, 2.24) is 4.90 Å². The van der Waals surface area contributed by atoms with E-state index >= 15 is 0 Å². The van der Waals surface area contributed by atoms with Crippen molar-refractivity contribution in [3.05, 3.63) is 35.4 Å². The second kappa shape index (κ2) is 9.95. The summed E-state index contributed by atoms with van der Waals surface area (Å²) in [4.78, 5) is 23.6. The number of aromatic carboxylic acids is 1. The first-order valence-electron chi connectivity index (χ1n) is 7.79. The lowest BCUT2D eigenvalue weighted by atomic mass is 10.1. The van der Waals surface area contributed by atoms with Crippen LogP contribution in [0.2, 0.25) is 0 Å². The monoisotopic (exact) mass is 307 g/mol. The first kappa shape index (κ1) is 18.2. The van der Waals surface area contributed by atoms with E-state index in [-0.39, 0.29) is 6.42 Å². The molecule has 22 heavy (non-hydrogen) atoms. The molecule has 0 aliphatic heterocycles. The molecule has 0 saturated heterocycles. The second-order valence-corrected chi connectivity index (χ2v) is 5.48. The van der Waals surface area contributed by atoms with E-state index in [1.54, 1.807) is 12.1 Å². The summed E-state index contributed by atoms with van der Waals surface area (Å²) in [5.74, 6) is -1.64. The molecule has 0 aromatic heterocycles. The van der Waals surface area contributed by atoms with Crippen molar-refractivity contribution in [3.8, 4) is 0 Å². The summed E-state index contributed by atoms with van der Waals surface area (Å²) in [7, 11) is 0. The van der Waals surface area contributed by atoms with E-state index in [1.165, 1.54) is 0 Å². The zero-order valence-corrected chi connectivity index (χ0v) is 13.1. The van der Waals surface area contributed by atoms with Gasteiger partial charge in [0.1, 0.15) is 0 Å². The molecule has 0 heterocycles. The van der Waals surface area contributed by atoms with Gasteiger partial charge in [-0.3, -0.25) is 9.69 Å². The highest BCUT2D eigenvalue weighted by molar-refractivity contribution is 5.87. The molecule has 0 aliphatic rings. The van der Waals surface area contributed by atoms with Crippen molar-refractivity contribution in [2.24, 2.45) is 0 Å². The third kappa shape index (κ3) is 7.22. The van der Waals surface area contributed by atoms with Gasteiger partial charge in [-0.1, -0.05) is 25.5 Å². The third-order valence-corrected chi connectivity index (χ3v) is 3.51. The van der Waals surface area contributed by atoms with Gasteiger partial charge in [0.2, 0.25) is 0 Å². The number of aliphatic carboxylic acids is 1. The van der Waals surface area contributed by atoms with E-state index in [4.69, 9.17) is 10.2 Å². The van der Waals surface area contributed by atoms with Gasteiger partial charge in [0.25, 0.3) is 0 Å². The Balaban J connectivity index is 2.42. The second-order valence-electron chi connectivity index (χ2n) is 5.48. The number of carboxylic acids is 2. The summed E-state index contributed by atoms with van der Waals surface area (Å²) >= 11 is 0. The SMILES string of the molecule is CCCN(CCCCCC(=O)O)Cc1ccc(C(=O)O)cc1. The number of carbonyl (C=O) groups is 2. The topological polar surface area (TPSA) is 77.8 Å². The highest BCUT2D eigenvalue weighted by Crippen LogP contribution is 2.10. The molecule has 0 aliphatic carbocycles. The molecule has 0 amide bonds. The van der Waals surface area contributed by atoms with Gasteiger partial charge in [0.05, 0.1) is 5.56 Å². The smallest absolute Gasteiger partial charge is 0.335 e. The number of hydrogen-bond acceptors (Lipinski definition) is 3. The quantitative estimate of drug-likeness (QED) is 0.614. The van der Waals surface area contributed by atoms with Gasteiger partial charge in [0.15, 0.2) is 0 Å². The van der Waals surface area contributed by atoms with Crippen molar-refractivity contribution in [3.63, 3.8) is 0 Å². The lowest BCUT2D eigenvalue weighted by molar-refractivity contribution is -0.137. The van der Waals surface area contributed by atoms with Crippen molar-refractivity contribution < 1.29 is 19.8 Å². The van der Waals surface area contributed by atoms with Crippen LogP contribution in [0.5, 0.6) is 0 Å². The molecular weight excluding hydrogens is 282 g/mol. The Labute approximate surface area is 131 Å². The predicted molar refractivity (Wildman–Crippen MR) is 85.1 cm³/mol. The number of rotatable bonds is 11. The summed E-state index contributed by atoms with van der Waals surface area (Å²) in [6.45, 7) is 4.85. The molecule has 0 saturated carbocycles. The van der Waals surface area contributed by atoms with Crippen LogP contribution < -0.4 is 0 Å². The molecule has 1 aromatic carbocycles. The molecule has 0 fully saturated rings. The molecule has 1 aromatic rings. The number of unbranched alkanes of at least 4 members (excludes halogenated alkanes) is 2. The summed E-state index contributed by atoms with van der Waals surface area (Å²) in [5.41, 5.74) is 1.41. The fraction of sp³-hybridized carbons (Fsp3) is 0.529. The minimum atomic E-state index is -0.907. The van der Waals surface area contributed by atoms with E-state index in [9.17, 15) is 9.59 Å². The molecule has 0 spiro atoms. The Bertz CT molecular complexity index is 470. The minimum absolute atomic E-state index is 0.241. The number of hydrogen-bond donors (Lipinski definition) is 2. The lowest BCUT2D eigenvalue weighted by Gasteiger charge is -2.21. The van der Waals surface area contributed by atoms with Crippen LogP contribution in [0.4, 0.5) is 0 Å². The molecular formula is C17H25NO4. The molecule has 0 atom stereocenters. The highest BCUT2D eigenvalue weighted by Gasteiger charge is 2.07. The van der Waals surface area contributed by atoms with Crippen molar-refractivity contribution in [2.75, 3.05) is 13.1 Å². The first-order valence-corrected chi connectivity index (χ1v) is 7.79. The minimum Gasteiger partial charge on any atom is -0.481 e. The van der Waals surface area contributed by atoms with Crippen molar-refractivity contribution in [1.29, 1.82) is 0 Å². The molecule has 2 N–H and O–H groups in total. The molecule has 1 rings (SSSR count). The molecule has 5 heteroatoms. The van der Waals surface area contributed by atoms with E-state index in [1.807, 2.05) is 12.1 Å². The number of carboxylic acid groups (broad SMARTS) is 2. The van der Waals surface area contributed by atoms with Crippen LogP contribution in [0, 0.1) is 0 Å². The summed E-state index contributed by atoms with van der Waals surface area (Å²) in [5, 5.41) is 17.5. The zero-order valence-electron chi connectivity index (χ0n) is 13.1. The fourth-order valence-corrected chi connectivity index (χ4v) is 2.39. The van der Waals surface area contributed by atoms with Gasteiger partial charge in [-0.15, -0.1) is 0 Å². The lowest BCUT2D eigenvalue weighted by Crippen LogP contribution is -2.25. The van der Waals surface area contributed by atoms with E-state index in [0.29, 0.717) is 5.56 Å². The number of nitrogens with zero attached hydrogens (tertiary/aromatic N) is 1. The van der Waals surface area contributed by atoms with Crippen molar-refractivity contribution >= 4 is 11.9 Å². The highest BCUT2D eigenvalue weighted by atomic mass is 16.4. The van der Waals surface area contributed by atoms with Crippen LogP contribution in [-0.2, 0) is 11.3 Å². The standard InChI is InChI=1S/C17H25NO4/c1-2-11-18(12-5-3-4-6-16(19)20)13-14-7-9-15(10-8-14)17(21)22/h7-10H,2-6,11-13H2,1H3,(H,19,20)(H,21,22). The number of benzene rings is 1. The Morgan fingerprint density at radius 1 is 1.00 bits per heavy atom. The molecule has 5 nitrogen and oxygen atoms in total. The first-order chi connectivity index (χ1) is 10.5. The van der Waals surface area contributed by atoms with Gasteiger partial charge in [-0.05, 0) is 50.0 Å². The molecule has 122 valence electrons. The van der Waals surface area contributed by atoms with E-state index in [2.05, 4.69) is 11.8 Å². The summed E-state index contributed by atoms with van der Waals surface area (Å²) in [6, 6.07) is 6.98. The van der Waals surface area contributed by atoms with Gasteiger partial charge in [-0.2, -0.15) is 0 Å².